The van der Waals surface area contributed by atoms with Crippen LogP contribution in [0.3, 0.4) is 0 Å². The fraction of sp³-hybridized carbons (Fsp3) is 0.300. The van der Waals surface area contributed by atoms with E-state index in [4.69, 9.17) is 0 Å². The van der Waals surface area contributed by atoms with Crippen LogP contribution in [0.25, 0.3) is 0 Å². The molecule has 1 aromatic carbocycles. The van der Waals surface area contributed by atoms with Gasteiger partial charge in [-0.1, -0.05) is 17.7 Å². The molecule has 1 rings (SSSR count). The number of benzene rings is 1. The lowest BCUT2D eigenvalue weighted by atomic mass is 10.2. The summed E-state index contributed by atoms with van der Waals surface area (Å²) in [5, 5.41) is 0. The average Bonchev–Trinajstić information content (AvgIpc) is 2.18. The monoisotopic (exact) mass is 212 g/mol. The van der Waals surface area contributed by atoms with Gasteiger partial charge in [0.05, 0.1) is 17.9 Å². The molecule has 0 bridgehead atoms. The highest BCUT2D eigenvalue weighted by Crippen LogP contribution is 2.08. The molecule has 0 radical (unpaired) electrons. The number of hydrogen-bond acceptors (Lipinski definition) is 3. The molecule has 1 aromatic rings. The van der Waals surface area contributed by atoms with Crippen LogP contribution in [0, 0.1) is 6.92 Å². The lowest BCUT2D eigenvalue weighted by Gasteiger charge is -2.01. The lowest BCUT2D eigenvalue weighted by Crippen LogP contribution is -2.11. The summed E-state index contributed by atoms with van der Waals surface area (Å²) in [6, 6.07) is 7.25. The molecule has 0 amide bonds. The van der Waals surface area contributed by atoms with Gasteiger partial charge in [0, 0.05) is 4.90 Å². The summed E-state index contributed by atoms with van der Waals surface area (Å²) in [6.07, 6.45) is 0. The Hall–Kier alpha value is -1.16. The van der Waals surface area contributed by atoms with Crippen molar-refractivity contribution in [3.63, 3.8) is 0 Å². The van der Waals surface area contributed by atoms with Crippen molar-refractivity contribution < 1.29 is 13.7 Å². The number of hydrogen-bond donors (Lipinski definition) is 0. The van der Waals surface area contributed by atoms with E-state index in [1.165, 1.54) is 7.11 Å². The fourth-order valence-electron chi connectivity index (χ4n) is 0.939. The van der Waals surface area contributed by atoms with Crippen molar-refractivity contribution in [1.82, 2.24) is 0 Å². The van der Waals surface area contributed by atoms with Crippen LogP contribution in [0.4, 0.5) is 0 Å². The molecule has 14 heavy (non-hydrogen) atoms. The van der Waals surface area contributed by atoms with Gasteiger partial charge in [0.2, 0.25) is 0 Å². The van der Waals surface area contributed by atoms with Crippen LogP contribution in [0.2, 0.25) is 0 Å². The van der Waals surface area contributed by atoms with Gasteiger partial charge in [-0.3, -0.25) is 9.00 Å². The fourth-order valence-corrected chi connectivity index (χ4v) is 1.88. The maximum Gasteiger partial charge on any atom is 0.318 e. The molecule has 0 N–H and O–H groups in total. The van der Waals surface area contributed by atoms with E-state index in [0.29, 0.717) is 4.90 Å². The summed E-state index contributed by atoms with van der Waals surface area (Å²) in [5.41, 5.74) is 1.10. The molecule has 0 aliphatic rings. The maximum absolute atomic E-state index is 11.5. The third-order valence-electron chi connectivity index (χ3n) is 1.76. The highest BCUT2D eigenvalue weighted by atomic mass is 32.2. The topological polar surface area (TPSA) is 43.4 Å². The molecule has 0 spiro atoms. The molecule has 4 heteroatoms. The smallest absolute Gasteiger partial charge is 0.318 e. The van der Waals surface area contributed by atoms with E-state index in [2.05, 4.69) is 4.74 Å². The van der Waals surface area contributed by atoms with Gasteiger partial charge in [0.25, 0.3) is 0 Å². The first kappa shape index (κ1) is 10.9. The Bertz CT molecular complexity index is 343. The van der Waals surface area contributed by atoms with Crippen LogP contribution in [0.1, 0.15) is 5.56 Å². The predicted molar refractivity (Wildman–Crippen MR) is 54.5 cm³/mol. The van der Waals surface area contributed by atoms with Crippen LogP contribution in [-0.2, 0) is 20.3 Å². The van der Waals surface area contributed by atoms with Crippen LogP contribution in [0.15, 0.2) is 29.2 Å². The predicted octanol–water partition coefficient (Wildman–Crippen LogP) is 1.28. The second-order valence-corrected chi connectivity index (χ2v) is 4.33. The van der Waals surface area contributed by atoms with E-state index in [9.17, 15) is 9.00 Å². The van der Waals surface area contributed by atoms with E-state index < -0.39 is 16.8 Å². The summed E-state index contributed by atoms with van der Waals surface area (Å²) in [6.45, 7) is 1.95. The zero-order valence-corrected chi connectivity index (χ0v) is 8.97. The first-order valence-corrected chi connectivity index (χ1v) is 5.47. The molecule has 0 fully saturated rings. The molecular weight excluding hydrogens is 200 g/mol. The molecule has 0 aliphatic heterocycles. The summed E-state index contributed by atoms with van der Waals surface area (Å²) >= 11 is 0. The van der Waals surface area contributed by atoms with E-state index in [-0.39, 0.29) is 5.75 Å². The number of methoxy groups -OCH3 is 1. The Morgan fingerprint density at radius 1 is 1.36 bits per heavy atom. The van der Waals surface area contributed by atoms with Crippen LogP contribution in [-0.4, -0.2) is 23.0 Å². The van der Waals surface area contributed by atoms with Gasteiger partial charge in [-0.25, -0.2) is 0 Å². The minimum atomic E-state index is -1.30. The summed E-state index contributed by atoms with van der Waals surface area (Å²) in [7, 11) is -0.00980. The van der Waals surface area contributed by atoms with Crippen molar-refractivity contribution in [2.45, 2.75) is 11.8 Å². The molecule has 0 aliphatic carbocycles. The van der Waals surface area contributed by atoms with Gasteiger partial charge in [-0.15, -0.1) is 0 Å². The third-order valence-corrected chi connectivity index (χ3v) is 3.06. The minimum Gasteiger partial charge on any atom is -0.468 e. The molecule has 3 nitrogen and oxygen atoms in total. The largest absolute Gasteiger partial charge is 0.468 e. The molecule has 0 saturated heterocycles. The van der Waals surface area contributed by atoms with Gasteiger partial charge in [0.15, 0.2) is 0 Å². The number of aryl methyl sites for hydroxylation is 1. The Balaban J connectivity index is 2.70. The van der Waals surface area contributed by atoms with Gasteiger partial charge in [-0.05, 0) is 19.1 Å². The van der Waals surface area contributed by atoms with E-state index >= 15 is 0 Å². The quantitative estimate of drug-likeness (QED) is 0.709. The molecular formula is C10H12O3S. The van der Waals surface area contributed by atoms with E-state index in [1.807, 2.05) is 19.1 Å². The van der Waals surface area contributed by atoms with Crippen molar-refractivity contribution in [2.24, 2.45) is 0 Å². The minimum absolute atomic E-state index is 0.0838. The normalized spacial score (nSPS) is 12.1. The Kier molecular flexibility index (Phi) is 3.83. The standard InChI is InChI=1S/C10H12O3S/c1-8-3-5-9(6-4-8)14(12)7-10(11)13-2/h3-6H,7H2,1-2H3. The number of rotatable bonds is 3. The van der Waals surface area contributed by atoms with E-state index in [0.717, 1.165) is 5.56 Å². The second kappa shape index (κ2) is 4.91. The van der Waals surface area contributed by atoms with Crippen molar-refractivity contribution in [3.05, 3.63) is 29.8 Å². The molecule has 0 aromatic heterocycles. The molecule has 0 heterocycles. The van der Waals surface area contributed by atoms with Crippen LogP contribution >= 0.6 is 0 Å². The molecule has 0 saturated carbocycles. The first-order valence-electron chi connectivity index (χ1n) is 4.15. The highest BCUT2D eigenvalue weighted by Gasteiger charge is 2.09. The van der Waals surface area contributed by atoms with Gasteiger partial charge < -0.3 is 4.74 Å². The highest BCUT2D eigenvalue weighted by molar-refractivity contribution is 7.85. The maximum atomic E-state index is 11.5. The zero-order valence-electron chi connectivity index (χ0n) is 8.15. The zero-order chi connectivity index (χ0) is 10.6. The Morgan fingerprint density at radius 2 is 1.93 bits per heavy atom. The summed E-state index contributed by atoms with van der Waals surface area (Å²) in [5.74, 6) is -0.538. The Morgan fingerprint density at radius 3 is 2.43 bits per heavy atom. The SMILES string of the molecule is COC(=O)CS(=O)c1ccc(C)cc1. The van der Waals surface area contributed by atoms with Crippen LogP contribution < -0.4 is 0 Å². The van der Waals surface area contributed by atoms with E-state index in [1.54, 1.807) is 12.1 Å². The van der Waals surface area contributed by atoms with Crippen molar-refractivity contribution in [1.29, 1.82) is 0 Å². The lowest BCUT2D eigenvalue weighted by molar-refractivity contribution is -0.137. The molecule has 76 valence electrons. The van der Waals surface area contributed by atoms with Crippen molar-refractivity contribution >= 4 is 16.8 Å². The van der Waals surface area contributed by atoms with Crippen LogP contribution in [0.5, 0.6) is 0 Å². The average molecular weight is 212 g/mol. The number of ether oxygens (including phenoxy) is 1. The van der Waals surface area contributed by atoms with Gasteiger partial charge in [0.1, 0.15) is 5.75 Å². The number of carbonyl (C=O) groups is 1. The Labute approximate surface area is 85.5 Å². The summed E-state index contributed by atoms with van der Waals surface area (Å²) in [4.78, 5) is 11.5. The third kappa shape index (κ3) is 2.96. The number of esters is 1. The second-order valence-electron chi connectivity index (χ2n) is 2.88. The first-order chi connectivity index (χ1) is 6.63. The molecule has 1 atom stereocenters. The van der Waals surface area contributed by atoms with Crippen molar-refractivity contribution in [3.8, 4) is 0 Å². The number of carbonyl (C=O) groups excluding carboxylic acids is 1. The van der Waals surface area contributed by atoms with Gasteiger partial charge >= 0.3 is 5.97 Å². The van der Waals surface area contributed by atoms with Crippen molar-refractivity contribution in [2.75, 3.05) is 12.9 Å². The summed E-state index contributed by atoms with van der Waals surface area (Å²) < 4.78 is 16.0. The van der Waals surface area contributed by atoms with Gasteiger partial charge in [-0.2, -0.15) is 0 Å². The molecule has 1 unspecified atom stereocenters.